The summed E-state index contributed by atoms with van der Waals surface area (Å²) in [6, 6.07) is 3.63. The molecule has 5 heteroatoms. The van der Waals surface area contributed by atoms with E-state index in [1.54, 1.807) is 11.0 Å². The van der Waals surface area contributed by atoms with Crippen molar-refractivity contribution in [2.45, 2.75) is 31.3 Å². The van der Waals surface area contributed by atoms with Crippen molar-refractivity contribution in [3.63, 3.8) is 0 Å². The van der Waals surface area contributed by atoms with Crippen LogP contribution in [0.25, 0.3) is 0 Å². The molecule has 1 N–H and O–H groups in total. The first-order valence-electron chi connectivity index (χ1n) is 7.04. The summed E-state index contributed by atoms with van der Waals surface area (Å²) >= 11 is 0. The number of aromatic nitrogens is 1. The van der Waals surface area contributed by atoms with Crippen molar-refractivity contribution in [1.82, 2.24) is 15.2 Å². The lowest BCUT2D eigenvalue weighted by atomic mass is 9.99. The number of likely N-dealkylation sites (tertiary alicyclic amines) is 1. The van der Waals surface area contributed by atoms with Crippen LogP contribution in [0.15, 0.2) is 30.5 Å². The summed E-state index contributed by atoms with van der Waals surface area (Å²) in [5.74, 6) is -0.729. The molecule has 0 radical (unpaired) electrons. The molecule has 1 aromatic heterocycles. The van der Waals surface area contributed by atoms with Crippen LogP contribution in [0.3, 0.4) is 0 Å². The number of rotatable bonds is 3. The Hall–Kier alpha value is -1.75. The van der Waals surface area contributed by atoms with Crippen molar-refractivity contribution < 1.29 is 9.18 Å². The van der Waals surface area contributed by atoms with Crippen LogP contribution in [0.5, 0.6) is 0 Å². The van der Waals surface area contributed by atoms with Crippen LogP contribution in [0, 0.1) is 5.95 Å². The molecule has 1 aliphatic carbocycles. The van der Waals surface area contributed by atoms with Crippen molar-refractivity contribution in [3.8, 4) is 0 Å². The fourth-order valence-corrected chi connectivity index (χ4v) is 2.75. The van der Waals surface area contributed by atoms with Gasteiger partial charge in [0.2, 0.25) is 5.95 Å². The van der Waals surface area contributed by atoms with Gasteiger partial charge in [-0.1, -0.05) is 12.2 Å². The van der Waals surface area contributed by atoms with Crippen molar-refractivity contribution in [2.24, 2.45) is 0 Å². The number of carbonyl (C=O) groups excluding carboxylic acids is 1. The molecule has 1 aromatic rings. The first kappa shape index (κ1) is 13.2. The molecule has 0 spiro atoms. The summed E-state index contributed by atoms with van der Waals surface area (Å²) < 4.78 is 13.0. The van der Waals surface area contributed by atoms with E-state index in [0.717, 1.165) is 19.3 Å². The number of hydrogen-bond donors (Lipinski definition) is 1. The molecule has 1 amide bonds. The van der Waals surface area contributed by atoms with Crippen LogP contribution in [0.1, 0.15) is 29.6 Å². The van der Waals surface area contributed by atoms with Crippen LogP contribution >= 0.6 is 0 Å². The first-order chi connectivity index (χ1) is 9.72. The quantitative estimate of drug-likeness (QED) is 0.675. The summed E-state index contributed by atoms with van der Waals surface area (Å²) in [6.07, 6.45) is 9.11. The second-order valence-electron chi connectivity index (χ2n) is 5.42. The summed E-state index contributed by atoms with van der Waals surface area (Å²) in [5.41, 5.74) is 0.372. The standard InChI is InChI=1S/C15H18FN3O/c16-14-8-11(6-7-17-14)15(20)19-9-13(10-19)18-12-4-2-1-3-5-12/h1-2,6-8,12-13,18H,3-5,9-10H2. The number of carbonyl (C=O) groups is 1. The van der Waals surface area contributed by atoms with Crippen molar-refractivity contribution in [1.29, 1.82) is 0 Å². The minimum absolute atomic E-state index is 0.118. The third-order valence-corrected chi connectivity index (χ3v) is 3.88. The average molecular weight is 275 g/mol. The Balaban J connectivity index is 1.50. The van der Waals surface area contributed by atoms with Gasteiger partial charge in [0.15, 0.2) is 0 Å². The molecule has 4 nitrogen and oxygen atoms in total. The van der Waals surface area contributed by atoms with E-state index in [1.165, 1.54) is 12.3 Å². The van der Waals surface area contributed by atoms with Crippen LogP contribution in [0.4, 0.5) is 4.39 Å². The number of hydrogen-bond acceptors (Lipinski definition) is 3. The summed E-state index contributed by atoms with van der Waals surface area (Å²) in [5, 5.41) is 3.57. The molecule has 0 aromatic carbocycles. The van der Waals surface area contributed by atoms with Crippen molar-refractivity contribution >= 4 is 5.91 Å². The zero-order valence-corrected chi connectivity index (χ0v) is 11.3. The largest absolute Gasteiger partial charge is 0.335 e. The predicted molar refractivity (Wildman–Crippen MR) is 73.8 cm³/mol. The number of amides is 1. The maximum Gasteiger partial charge on any atom is 0.254 e. The fraction of sp³-hybridized carbons (Fsp3) is 0.467. The first-order valence-corrected chi connectivity index (χ1v) is 7.04. The lowest BCUT2D eigenvalue weighted by Gasteiger charge is -2.41. The van der Waals surface area contributed by atoms with E-state index < -0.39 is 5.95 Å². The van der Waals surface area contributed by atoms with Gasteiger partial charge in [-0.2, -0.15) is 4.39 Å². The van der Waals surface area contributed by atoms with E-state index in [0.29, 0.717) is 30.7 Å². The highest BCUT2D eigenvalue weighted by Gasteiger charge is 2.32. The minimum Gasteiger partial charge on any atom is -0.335 e. The molecule has 1 saturated heterocycles. The van der Waals surface area contributed by atoms with E-state index >= 15 is 0 Å². The molecule has 106 valence electrons. The highest BCUT2D eigenvalue weighted by atomic mass is 19.1. The second-order valence-corrected chi connectivity index (χ2v) is 5.42. The van der Waals surface area contributed by atoms with Crippen molar-refractivity contribution in [3.05, 3.63) is 42.0 Å². The summed E-state index contributed by atoms with van der Waals surface area (Å²) in [7, 11) is 0. The molecule has 1 unspecified atom stereocenters. The Labute approximate surface area is 117 Å². The number of nitrogens with zero attached hydrogens (tertiary/aromatic N) is 2. The maximum absolute atomic E-state index is 13.0. The summed E-state index contributed by atoms with van der Waals surface area (Å²) in [6.45, 7) is 1.39. The van der Waals surface area contributed by atoms with Gasteiger partial charge in [0, 0.05) is 43.0 Å². The zero-order chi connectivity index (χ0) is 13.9. The highest BCUT2D eigenvalue weighted by Crippen LogP contribution is 2.17. The van der Waals surface area contributed by atoms with Gasteiger partial charge < -0.3 is 10.2 Å². The SMILES string of the molecule is O=C(c1ccnc(F)c1)N1CC(NC2CC=CCC2)C1. The lowest BCUT2D eigenvalue weighted by molar-refractivity contribution is 0.0549. The van der Waals surface area contributed by atoms with E-state index in [9.17, 15) is 9.18 Å². The molecule has 1 atom stereocenters. The number of allylic oxidation sites excluding steroid dienone is 1. The number of nitrogens with one attached hydrogen (secondary N) is 1. The Morgan fingerprint density at radius 2 is 2.20 bits per heavy atom. The van der Waals surface area contributed by atoms with Crippen molar-refractivity contribution in [2.75, 3.05) is 13.1 Å². The third-order valence-electron chi connectivity index (χ3n) is 3.88. The number of pyridine rings is 1. The predicted octanol–water partition coefficient (Wildman–Crippen LogP) is 1.74. The van der Waals surface area contributed by atoms with Gasteiger partial charge in [-0.3, -0.25) is 4.79 Å². The van der Waals surface area contributed by atoms with Gasteiger partial charge in [0.1, 0.15) is 0 Å². The van der Waals surface area contributed by atoms with Crippen LogP contribution in [0.2, 0.25) is 0 Å². The van der Waals surface area contributed by atoms with E-state index in [-0.39, 0.29) is 5.91 Å². The van der Waals surface area contributed by atoms with Gasteiger partial charge in [-0.25, -0.2) is 4.98 Å². The molecular weight excluding hydrogens is 257 g/mol. The van der Waals surface area contributed by atoms with Gasteiger partial charge >= 0.3 is 0 Å². The van der Waals surface area contributed by atoms with E-state index in [1.807, 2.05) is 0 Å². The van der Waals surface area contributed by atoms with Crippen LogP contribution in [-0.2, 0) is 0 Å². The topological polar surface area (TPSA) is 45.2 Å². The molecule has 1 fully saturated rings. The average Bonchev–Trinajstić information content (AvgIpc) is 2.43. The number of halogens is 1. The fourth-order valence-electron chi connectivity index (χ4n) is 2.75. The molecule has 1 aliphatic heterocycles. The molecule has 20 heavy (non-hydrogen) atoms. The lowest BCUT2D eigenvalue weighted by Crippen LogP contribution is -2.61. The van der Waals surface area contributed by atoms with Gasteiger partial charge in [-0.05, 0) is 25.3 Å². The van der Waals surface area contributed by atoms with Crippen LogP contribution < -0.4 is 5.32 Å². The van der Waals surface area contributed by atoms with Gasteiger partial charge in [-0.15, -0.1) is 0 Å². The Kier molecular flexibility index (Phi) is 3.78. The smallest absolute Gasteiger partial charge is 0.254 e. The van der Waals surface area contributed by atoms with E-state index in [4.69, 9.17) is 0 Å². The Morgan fingerprint density at radius 3 is 2.90 bits per heavy atom. The molecule has 0 saturated carbocycles. The highest BCUT2D eigenvalue weighted by molar-refractivity contribution is 5.94. The van der Waals surface area contributed by atoms with Gasteiger partial charge in [0.05, 0.1) is 0 Å². The second kappa shape index (κ2) is 5.71. The van der Waals surface area contributed by atoms with Gasteiger partial charge in [0.25, 0.3) is 5.91 Å². The van der Waals surface area contributed by atoms with E-state index in [2.05, 4.69) is 22.5 Å². The minimum atomic E-state index is -0.611. The Bertz CT molecular complexity index is 526. The molecule has 2 aliphatic rings. The summed E-state index contributed by atoms with van der Waals surface area (Å²) in [4.78, 5) is 17.3. The normalized spacial score (nSPS) is 22.6. The molecule has 2 heterocycles. The zero-order valence-electron chi connectivity index (χ0n) is 11.3. The third kappa shape index (κ3) is 2.88. The molecule has 0 bridgehead atoms. The maximum atomic E-state index is 13.0. The monoisotopic (exact) mass is 275 g/mol. The molecule has 3 rings (SSSR count). The Morgan fingerprint density at radius 1 is 1.35 bits per heavy atom. The van der Waals surface area contributed by atoms with Crippen LogP contribution in [-0.4, -0.2) is 41.0 Å². The molecular formula is C15H18FN3O.